The van der Waals surface area contributed by atoms with Crippen molar-refractivity contribution >= 4 is 5.82 Å². The summed E-state index contributed by atoms with van der Waals surface area (Å²) in [5.74, 6) is 0.848. The number of nitrogens with zero attached hydrogens (tertiary/aromatic N) is 5. The summed E-state index contributed by atoms with van der Waals surface area (Å²) in [7, 11) is 0. The molecule has 0 saturated carbocycles. The molecule has 3 heterocycles. The van der Waals surface area contributed by atoms with Gasteiger partial charge in [-0.2, -0.15) is 15.0 Å². The molecule has 0 atom stereocenters. The summed E-state index contributed by atoms with van der Waals surface area (Å²) in [4.78, 5) is 10.5. The number of aromatic nitrogens is 5. The SMILES string of the molecule is CC1(C)CC(Nc2cnc(-c3ccc(-n4nccn4)cc3O)cn2)CC(C)(C)N1. The average Bonchev–Trinajstić information content (AvgIpc) is 3.14. The third-order valence-corrected chi connectivity index (χ3v) is 5.10. The van der Waals surface area contributed by atoms with Gasteiger partial charge in [0, 0.05) is 28.7 Å². The lowest BCUT2D eigenvalue weighted by molar-refractivity contribution is 0.170. The summed E-state index contributed by atoms with van der Waals surface area (Å²) in [6, 6.07) is 5.56. The molecular formula is C21H27N7O. The van der Waals surface area contributed by atoms with Crippen molar-refractivity contribution in [2.75, 3.05) is 5.32 Å². The van der Waals surface area contributed by atoms with Crippen LogP contribution in [0.3, 0.4) is 0 Å². The summed E-state index contributed by atoms with van der Waals surface area (Å²) < 4.78 is 0. The Morgan fingerprint density at radius 2 is 1.72 bits per heavy atom. The number of aromatic hydroxyl groups is 1. The molecule has 152 valence electrons. The minimum Gasteiger partial charge on any atom is -0.507 e. The Hall–Kier alpha value is -3.00. The molecule has 0 bridgehead atoms. The van der Waals surface area contributed by atoms with E-state index < -0.39 is 0 Å². The first-order chi connectivity index (χ1) is 13.7. The lowest BCUT2D eigenvalue weighted by Crippen LogP contribution is -2.60. The first-order valence-corrected chi connectivity index (χ1v) is 9.79. The molecule has 1 fully saturated rings. The van der Waals surface area contributed by atoms with E-state index >= 15 is 0 Å². The predicted molar refractivity (Wildman–Crippen MR) is 112 cm³/mol. The van der Waals surface area contributed by atoms with E-state index in [0.717, 1.165) is 18.7 Å². The van der Waals surface area contributed by atoms with Crippen molar-refractivity contribution < 1.29 is 5.11 Å². The third-order valence-electron chi connectivity index (χ3n) is 5.10. The van der Waals surface area contributed by atoms with Crippen molar-refractivity contribution in [2.45, 2.75) is 57.7 Å². The zero-order valence-corrected chi connectivity index (χ0v) is 17.2. The monoisotopic (exact) mass is 393 g/mol. The molecule has 1 aliphatic heterocycles. The topological polar surface area (TPSA) is 101 Å². The van der Waals surface area contributed by atoms with E-state index in [2.05, 4.69) is 58.5 Å². The Morgan fingerprint density at radius 3 is 2.31 bits per heavy atom. The molecule has 0 amide bonds. The highest BCUT2D eigenvalue weighted by Crippen LogP contribution is 2.31. The second-order valence-electron chi connectivity index (χ2n) is 8.95. The highest BCUT2D eigenvalue weighted by atomic mass is 16.3. The summed E-state index contributed by atoms with van der Waals surface area (Å²) >= 11 is 0. The highest BCUT2D eigenvalue weighted by molar-refractivity contribution is 5.68. The third kappa shape index (κ3) is 4.37. The molecule has 8 nitrogen and oxygen atoms in total. The minimum atomic E-state index is 0.0593. The molecule has 0 spiro atoms. The molecule has 1 saturated heterocycles. The second kappa shape index (κ2) is 7.11. The van der Waals surface area contributed by atoms with Gasteiger partial charge in [-0.05, 0) is 52.7 Å². The number of benzene rings is 1. The van der Waals surface area contributed by atoms with Gasteiger partial charge in [-0.3, -0.25) is 4.98 Å². The lowest BCUT2D eigenvalue weighted by atomic mass is 9.79. The van der Waals surface area contributed by atoms with Gasteiger partial charge in [-0.25, -0.2) is 4.98 Å². The molecule has 3 N–H and O–H groups in total. The molecule has 29 heavy (non-hydrogen) atoms. The van der Waals surface area contributed by atoms with Crippen LogP contribution in [-0.2, 0) is 0 Å². The number of anilines is 1. The summed E-state index contributed by atoms with van der Waals surface area (Å²) in [5, 5.41) is 25.8. The van der Waals surface area contributed by atoms with Gasteiger partial charge in [-0.1, -0.05) is 0 Å². The molecular weight excluding hydrogens is 366 g/mol. The van der Waals surface area contributed by atoms with Gasteiger partial charge in [-0.15, -0.1) is 0 Å². The number of piperidine rings is 1. The van der Waals surface area contributed by atoms with E-state index in [1.54, 1.807) is 36.9 Å². The fourth-order valence-electron chi connectivity index (χ4n) is 4.39. The van der Waals surface area contributed by atoms with E-state index in [4.69, 9.17) is 0 Å². The van der Waals surface area contributed by atoms with Crippen LogP contribution in [0, 0.1) is 0 Å². The Kier molecular flexibility index (Phi) is 4.74. The van der Waals surface area contributed by atoms with E-state index in [-0.39, 0.29) is 16.8 Å². The van der Waals surface area contributed by atoms with Crippen LogP contribution in [0.2, 0.25) is 0 Å². The van der Waals surface area contributed by atoms with Crippen LogP contribution in [0.15, 0.2) is 43.0 Å². The van der Waals surface area contributed by atoms with Gasteiger partial charge < -0.3 is 15.7 Å². The van der Waals surface area contributed by atoms with Gasteiger partial charge >= 0.3 is 0 Å². The molecule has 1 aliphatic rings. The van der Waals surface area contributed by atoms with Gasteiger partial charge in [0.2, 0.25) is 0 Å². The van der Waals surface area contributed by atoms with E-state index in [9.17, 15) is 5.11 Å². The van der Waals surface area contributed by atoms with Crippen molar-refractivity contribution in [3.63, 3.8) is 0 Å². The molecule has 2 aromatic heterocycles. The van der Waals surface area contributed by atoms with Gasteiger partial charge in [0.1, 0.15) is 11.6 Å². The second-order valence-corrected chi connectivity index (χ2v) is 8.95. The van der Waals surface area contributed by atoms with Crippen molar-refractivity contribution in [3.8, 4) is 22.7 Å². The van der Waals surface area contributed by atoms with Crippen molar-refractivity contribution in [1.29, 1.82) is 0 Å². The van der Waals surface area contributed by atoms with Crippen LogP contribution >= 0.6 is 0 Å². The van der Waals surface area contributed by atoms with E-state index in [1.165, 1.54) is 4.80 Å². The summed E-state index contributed by atoms with van der Waals surface area (Å²) in [5.41, 5.74) is 2.02. The van der Waals surface area contributed by atoms with Crippen LogP contribution < -0.4 is 10.6 Å². The van der Waals surface area contributed by atoms with Gasteiger partial charge in [0.15, 0.2) is 0 Å². The standard InChI is InChI=1S/C21H27N7O/c1-20(2)10-14(11-21(3,4)27-20)26-19-13-22-17(12-23-19)16-6-5-15(9-18(16)29)28-24-7-8-25-28/h5-9,12-14,27,29H,10-11H2,1-4H3,(H,23,26). The maximum Gasteiger partial charge on any atom is 0.144 e. The molecule has 8 heteroatoms. The predicted octanol–water partition coefficient (Wildman–Crippen LogP) is 3.15. The number of rotatable bonds is 4. The normalized spacial score (nSPS) is 18.5. The molecule has 0 unspecified atom stereocenters. The number of phenolic OH excluding ortho intramolecular Hbond substituents is 1. The number of hydrogen-bond donors (Lipinski definition) is 3. The van der Waals surface area contributed by atoms with Gasteiger partial charge in [0.25, 0.3) is 0 Å². The van der Waals surface area contributed by atoms with Crippen LogP contribution in [0.4, 0.5) is 5.82 Å². The Bertz CT molecular complexity index is 965. The summed E-state index contributed by atoms with van der Waals surface area (Å²) in [6.45, 7) is 8.90. The largest absolute Gasteiger partial charge is 0.507 e. The fourth-order valence-corrected chi connectivity index (χ4v) is 4.39. The van der Waals surface area contributed by atoms with Crippen molar-refractivity contribution in [3.05, 3.63) is 43.0 Å². The summed E-state index contributed by atoms with van der Waals surface area (Å²) in [6.07, 6.45) is 8.59. The van der Waals surface area contributed by atoms with Crippen molar-refractivity contribution in [1.82, 2.24) is 30.3 Å². The van der Waals surface area contributed by atoms with Gasteiger partial charge in [0.05, 0.1) is 36.2 Å². The molecule has 4 rings (SSSR count). The maximum atomic E-state index is 10.4. The molecule has 1 aromatic carbocycles. The number of phenols is 1. The first kappa shape index (κ1) is 19.3. The molecule has 3 aromatic rings. The first-order valence-electron chi connectivity index (χ1n) is 9.79. The fraction of sp³-hybridized carbons (Fsp3) is 0.429. The number of nitrogens with one attached hydrogen (secondary N) is 2. The Labute approximate surface area is 170 Å². The average molecular weight is 393 g/mol. The highest BCUT2D eigenvalue weighted by Gasteiger charge is 2.37. The zero-order chi connectivity index (χ0) is 20.6. The van der Waals surface area contributed by atoms with E-state index in [0.29, 0.717) is 23.0 Å². The van der Waals surface area contributed by atoms with Crippen LogP contribution in [0.5, 0.6) is 5.75 Å². The molecule has 0 radical (unpaired) electrons. The van der Waals surface area contributed by atoms with Crippen LogP contribution in [0.1, 0.15) is 40.5 Å². The van der Waals surface area contributed by atoms with Crippen LogP contribution in [0.25, 0.3) is 16.9 Å². The zero-order valence-electron chi connectivity index (χ0n) is 17.2. The minimum absolute atomic E-state index is 0.0593. The maximum absolute atomic E-state index is 10.4. The van der Waals surface area contributed by atoms with Crippen molar-refractivity contribution in [2.24, 2.45) is 0 Å². The Balaban J connectivity index is 1.50. The smallest absolute Gasteiger partial charge is 0.144 e. The van der Waals surface area contributed by atoms with Crippen LogP contribution in [-0.4, -0.2) is 47.2 Å². The lowest BCUT2D eigenvalue weighted by Gasteiger charge is -2.46. The Morgan fingerprint density at radius 1 is 1.03 bits per heavy atom. The number of hydrogen-bond acceptors (Lipinski definition) is 7. The van der Waals surface area contributed by atoms with E-state index in [1.807, 2.05) is 6.07 Å². The molecule has 0 aliphatic carbocycles. The quantitative estimate of drug-likeness (QED) is 0.626.